The normalized spacial score (nSPS) is 20.0. The van der Waals surface area contributed by atoms with Gasteiger partial charge >= 0.3 is 6.03 Å². The molecule has 1 fully saturated rings. The number of halogens is 1. The largest absolute Gasteiger partial charge is 0.494 e. The van der Waals surface area contributed by atoms with Crippen LogP contribution >= 0.6 is 0 Å². The van der Waals surface area contributed by atoms with E-state index in [9.17, 15) is 14.3 Å². The summed E-state index contributed by atoms with van der Waals surface area (Å²) >= 11 is 0. The van der Waals surface area contributed by atoms with E-state index >= 15 is 0 Å². The Kier molecular flexibility index (Phi) is 5.01. The van der Waals surface area contributed by atoms with Crippen LogP contribution in [-0.4, -0.2) is 42.3 Å². The molecule has 0 bridgehead atoms. The first-order chi connectivity index (χ1) is 10.0. The Morgan fingerprint density at radius 3 is 2.95 bits per heavy atom. The highest BCUT2D eigenvalue weighted by Crippen LogP contribution is 2.22. The first kappa shape index (κ1) is 15.6. The minimum absolute atomic E-state index is 0.177. The summed E-state index contributed by atoms with van der Waals surface area (Å²) in [7, 11) is 1.41. The van der Waals surface area contributed by atoms with E-state index in [-0.39, 0.29) is 17.8 Å². The lowest BCUT2D eigenvalue weighted by atomic mass is 10.1. The van der Waals surface area contributed by atoms with Crippen molar-refractivity contribution >= 4 is 6.03 Å². The third-order valence-electron chi connectivity index (χ3n) is 3.70. The maximum absolute atomic E-state index is 13.7. The summed E-state index contributed by atoms with van der Waals surface area (Å²) < 4.78 is 18.5. The highest BCUT2D eigenvalue weighted by Gasteiger charge is 2.23. The van der Waals surface area contributed by atoms with Gasteiger partial charge in [0.1, 0.15) is 0 Å². The smallest absolute Gasteiger partial charge is 0.317 e. The number of methoxy groups -OCH3 is 1. The molecular formula is C15H21FN2O3. The molecule has 2 atom stereocenters. The summed E-state index contributed by atoms with van der Waals surface area (Å²) in [5, 5.41) is 12.4. The van der Waals surface area contributed by atoms with E-state index in [4.69, 9.17) is 4.74 Å². The number of hydrogen-bond acceptors (Lipinski definition) is 3. The Balaban J connectivity index is 1.98. The Morgan fingerprint density at radius 2 is 2.33 bits per heavy atom. The number of piperidine rings is 1. The number of likely N-dealkylation sites (tertiary alicyclic amines) is 1. The van der Waals surface area contributed by atoms with Crippen LogP contribution in [0.25, 0.3) is 0 Å². The molecule has 116 valence electrons. The first-order valence-electron chi connectivity index (χ1n) is 7.08. The second kappa shape index (κ2) is 6.76. The lowest BCUT2D eigenvalue weighted by molar-refractivity contribution is 0.0835. The number of β-amino-alcohol motifs (C(OH)–C–C–N with tert-alkyl or cyclic N) is 1. The van der Waals surface area contributed by atoms with Crippen molar-refractivity contribution < 1.29 is 19.0 Å². The van der Waals surface area contributed by atoms with Crippen molar-refractivity contribution in [1.29, 1.82) is 0 Å². The molecule has 6 heteroatoms. The summed E-state index contributed by atoms with van der Waals surface area (Å²) in [6.07, 6.45) is 1.06. The van der Waals surface area contributed by atoms with Gasteiger partial charge in [0.15, 0.2) is 11.6 Å². The summed E-state index contributed by atoms with van der Waals surface area (Å²) in [5.74, 6) is -0.277. The van der Waals surface area contributed by atoms with Gasteiger partial charge in [0.2, 0.25) is 0 Å². The quantitative estimate of drug-likeness (QED) is 0.897. The average molecular weight is 296 g/mol. The fourth-order valence-corrected chi connectivity index (χ4v) is 2.45. The number of amides is 2. The van der Waals surface area contributed by atoms with Crippen LogP contribution in [-0.2, 0) is 0 Å². The lowest BCUT2D eigenvalue weighted by Gasteiger charge is -2.31. The molecule has 0 radical (unpaired) electrons. The molecule has 0 aliphatic carbocycles. The highest BCUT2D eigenvalue weighted by molar-refractivity contribution is 5.74. The number of nitrogens with one attached hydrogen (secondary N) is 1. The standard InChI is InChI=1S/C15H21FN2O3/c1-10(11-5-6-14(21-2)13(16)8-11)17-15(20)18-7-3-4-12(19)9-18/h5-6,8,10,12,19H,3-4,7,9H2,1-2H3,(H,17,20). The van der Waals surface area contributed by atoms with Crippen molar-refractivity contribution in [2.75, 3.05) is 20.2 Å². The first-order valence-corrected chi connectivity index (χ1v) is 7.08. The SMILES string of the molecule is COc1ccc(C(C)NC(=O)N2CCCC(O)C2)cc1F. The second-order valence-corrected chi connectivity index (χ2v) is 5.31. The number of hydrogen-bond donors (Lipinski definition) is 2. The van der Waals surface area contributed by atoms with E-state index in [1.54, 1.807) is 17.9 Å². The summed E-state index contributed by atoms with van der Waals surface area (Å²) in [5.41, 5.74) is 0.666. The number of urea groups is 1. The minimum atomic E-state index is -0.460. The zero-order chi connectivity index (χ0) is 15.4. The summed E-state index contributed by atoms with van der Waals surface area (Å²) in [6, 6.07) is 4.06. The molecule has 1 saturated heterocycles. The molecule has 0 aromatic heterocycles. The van der Waals surface area contributed by atoms with Gasteiger partial charge in [0.25, 0.3) is 0 Å². The number of ether oxygens (including phenoxy) is 1. The number of carbonyl (C=O) groups is 1. The molecule has 2 amide bonds. The third kappa shape index (κ3) is 3.85. The van der Waals surface area contributed by atoms with Gasteiger partial charge < -0.3 is 20.1 Å². The lowest BCUT2D eigenvalue weighted by Crippen LogP contribution is -2.47. The van der Waals surface area contributed by atoms with Gasteiger partial charge in [-0.1, -0.05) is 6.07 Å². The summed E-state index contributed by atoms with van der Waals surface area (Å²) in [4.78, 5) is 13.7. The number of rotatable bonds is 3. The molecule has 5 nitrogen and oxygen atoms in total. The van der Waals surface area contributed by atoms with E-state index in [1.165, 1.54) is 19.2 Å². The van der Waals surface area contributed by atoms with Crippen molar-refractivity contribution in [3.8, 4) is 5.75 Å². The maximum Gasteiger partial charge on any atom is 0.317 e. The predicted octanol–water partition coefficient (Wildman–Crippen LogP) is 2.06. The van der Waals surface area contributed by atoms with Crippen molar-refractivity contribution in [3.63, 3.8) is 0 Å². The zero-order valence-corrected chi connectivity index (χ0v) is 12.3. The van der Waals surface area contributed by atoms with Gasteiger partial charge in [0.05, 0.1) is 19.3 Å². The van der Waals surface area contributed by atoms with Crippen molar-refractivity contribution in [3.05, 3.63) is 29.6 Å². The van der Waals surface area contributed by atoms with Gasteiger partial charge in [-0.3, -0.25) is 0 Å². The van der Waals surface area contributed by atoms with Crippen LogP contribution in [0.3, 0.4) is 0 Å². The maximum atomic E-state index is 13.7. The van der Waals surface area contributed by atoms with Crippen LogP contribution < -0.4 is 10.1 Å². The molecule has 1 aromatic carbocycles. The molecule has 2 rings (SSSR count). The molecular weight excluding hydrogens is 275 g/mol. The zero-order valence-electron chi connectivity index (χ0n) is 12.3. The van der Waals surface area contributed by atoms with Crippen LogP contribution in [0, 0.1) is 5.82 Å². The second-order valence-electron chi connectivity index (χ2n) is 5.31. The molecule has 21 heavy (non-hydrogen) atoms. The van der Waals surface area contributed by atoms with Gasteiger partial charge in [-0.25, -0.2) is 9.18 Å². The van der Waals surface area contributed by atoms with E-state index < -0.39 is 11.9 Å². The topological polar surface area (TPSA) is 61.8 Å². The number of aliphatic hydroxyl groups is 1. The predicted molar refractivity (Wildman–Crippen MR) is 76.7 cm³/mol. The van der Waals surface area contributed by atoms with Crippen LogP contribution in [0.1, 0.15) is 31.4 Å². The van der Waals surface area contributed by atoms with Gasteiger partial charge in [-0.05, 0) is 37.5 Å². The van der Waals surface area contributed by atoms with Crippen LogP contribution in [0.2, 0.25) is 0 Å². The average Bonchev–Trinajstić information content (AvgIpc) is 2.47. The Morgan fingerprint density at radius 1 is 1.57 bits per heavy atom. The van der Waals surface area contributed by atoms with E-state index in [0.29, 0.717) is 18.7 Å². The molecule has 1 aromatic rings. The molecule has 2 N–H and O–H groups in total. The van der Waals surface area contributed by atoms with Gasteiger partial charge in [0, 0.05) is 13.1 Å². The van der Waals surface area contributed by atoms with E-state index in [0.717, 1.165) is 12.8 Å². The van der Waals surface area contributed by atoms with Crippen LogP contribution in [0.15, 0.2) is 18.2 Å². The number of aliphatic hydroxyl groups excluding tert-OH is 1. The molecule has 1 aliphatic heterocycles. The number of benzene rings is 1. The molecule has 1 heterocycles. The highest BCUT2D eigenvalue weighted by atomic mass is 19.1. The van der Waals surface area contributed by atoms with Gasteiger partial charge in [-0.2, -0.15) is 0 Å². The Hall–Kier alpha value is -1.82. The summed E-state index contributed by atoms with van der Waals surface area (Å²) in [6.45, 7) is 2.77. The Bertz CT molecular complexity index is 510. The van der Waals surface area contributed by atoms with Crippen LogP contribution in [0.4, 0.5) is 9.18 Å². The van der Waals surface area contributed by atoms with E-state index in [2.05, 4.69) is 5.32 Å². The number of carbonyl (C=O) groups excluding carboxylic acids is 1. The fraction of sp³-hybridized carbons (Fsp3) is 0.533. The minimum Gasteiger partial charge on any atom is -0.494 e. The fourth-order valence-electron chi connectivity index (χ4n) is 2.45. The van der Waals surface area contributed by atoms with Crippen molar-refractivity contribution in [2.45, 2.75) is 31.9 Å². The monoisotopic (exact) mass is 296 g/mol. The van der Waals surface area contributed by atoms with Crippen molar-refractivity contribution in [2.24, 2.45) is 0 Å². The molecule has 2 unspecified atom stereocenters. The Labute approximate surface area is 123 Å². The van der Waals surface area contributed by atoms with E-state index in [1.807, 2.05) is 0 Å². The third-order valence-corrected chi connectivity index (χ3v) is 3.70. The molecule has 0 saturated carbocycles. The van der Waals surface area contributed by atoms with Crippen molar-refractivity contribution in [1.82, 2.24) is 10.2 Å². The van der Waals surface area contributed by atoms with Gasteiger partial charge in [-0.15, -0.1) is 0 Å². The molecule has 0 spiro atoms. The number of nitrogens with zero attached hydrogens (tertiary/aromatic N) is 1. The molecule has 1 aliphatic rings. The van der Waals surface area contributed by atoms with Crippen LogP contribution in [0.5, 0.6) is 5.75 Å².